The van der Waals surface area contributed by atoms with Crippen molar-refractivity contribution >= 4 is 18.7 Å². The van der Waals surface area contributed by atoms with Crippen LogP contribution >= 0.6 is 0 Å². The zero-order valence-electron chi connectivity index (χ0n) is 46.7. The minimum absolute atomic E-state index is 0.141. The second-order valence-electron chi connectivity index (χ2n) is 21.9. The molecule has 11 heteroatoms. The lowest BCUT2D eigenvalue weighted by Gasteiger charge is -2.50. The van der Waals surface area contributed by atoms with Crippen LogP contribution in [0.25, 0.3) is 0 Å². The molecule has 2 aliphatic rings. The van der Waals surface area contributed by atoms with Crippen LogP contribution in [0.2, 0.25) is 5.04 Å². The van der Waals surface area contributed by atoms with Gasteiger partial charge in [-0.1, -0.05) is 263 Å². The molecule has 10 rings (SSSR count). The first-order valence-corrected chi connectivity index (χ1v) is 30.3. The fourth-order valence-electron chi connectivity index (χ4n) is 11.0. The Morgan fingerprint density at radius 2 is 0.704 bits per heavy atom. The molecule has 420 valence electrons. The molecule has 0 amide bonds. The molecule has 9 atom stereocenters. The van der Waals surface area contributed by atoms with E-state index in [4.69, 9.17) is 47.1 Å². The average molecular weight is 1110 g/mol. The van der Waals surface area contributed by atoms with Crippen LogP contribution in [-0.2, 0) is 86.7 Å². The van der Waals surface area contributed by atoms with Gasteiger partial charge >= 0.3 is 0 Å². The zero-order chi connectivity index (χ0) is 55.5. The molecule has 2 heterocycles. The monoisotopic (exact) mass is 1100 g/mol. The smallest absolute Gasteiger partial charge is 0.261 e. The summed E-state index contributed by atoms with van der Waals surface area (Å²) >= 11 is 0. The third kappa shape index (κ3) is 15.4. The van der Waals surface area contributed by atoms with Crippen LogP contribution in [0.5, 0.6) is 0 Å². The highest BCUT2D eigenvalue weighted by molar-refractivity contribution is 6.99. The second kappa shape index (κ2) is 29.0. The van der Waals surface area contributed by atoms with Crippen molar-refractivity contribution in [1.29, 1.82) is 0 Å². The molecule has 0 radical (unpaired) electrons. The summed E-state index contributed by atoms with van der Waals surface area (Å²) in [5, 5.41) is 1.97. The summed E-state index contributed by atoms with van der Waals surface area (Å²) in [6, 6.07) is 82.4. The summed E-state index contributed by atoms with van der Waals surface area (Å²) in [4.78, 5) is 0. The van der Waals surface area contributed by atoms with E-state index in [2.05, 4.69) is 154 Å². The van der Waals surface area contributed by atoms with Gasteiger partial charge in [-0.15, -0.1) is 0 Å². The van der Waals surface area contributed by atoms with Gasteiger partial charge in [0.1, 0.15) is 48.8 Å². The minimum Gasteiger partial charge on any atom is -0.405 e. The van der Waals surface area contributed by atoms with Gasteiger partial charge in [0.2, 0.25) is 0 Å². The lowest BCUT2D eigenvalue weighted by atomic mass is 9.96. The highest BCUT2D eigenvalue weighted by Crippen LogP contribution is 2.39. The molecule has 2 fully saturated rings. The SMILES string of the molecule is CC(C)(C)[Si](OC[C@H]1O[C@@H](O[C@H]2CO[C@H](COCc3ccccc3)[C@@H](OCc3ccccc3)[C@@H]2OCc2ccccc2)[C@H](OCc2ccccc2)[C@@H](OCc2ccccc2)[C@H]1OCc1ccccc1)(c1ccccc1)c1ccccc1. The van der Waals surface area contributed by atoms with Crippen molar-refractivity contribution in [3.63, 3.8) is 0 Å². The van der Waals surface area contributed by atoms with Gasteiger partial charge in [-0.2, -0.15) is 0 Å². The number of hydrogen-bond acceptors (Lipinski definition) is 10. The van der Waals surface area contributed by atoms with Gasteiger partial charge in [-0.3, -0.25) is 0 Å². The van der Waals surface area contributed by atoms with Crippen molar-refractivity contribution < 1.29 is 47.1 Å². The van der Waals surface area contributed by atoms with Crippen LogP contribution in [0.1, 0.15) is 54.2 Å². The molecule has 81 heavy (non-hydrogen) atoms. The molecule has 0 bridgehead atoms. The van der Waals surface area contributed by atoms with E-state index in [1.165, 1.54) is 0 Å². The van der Waals surface area contributed by atoms with E-state index in [1.807, 2.05) is 109 Å². The Hall–Kier alpha value is -6.42. The molecule has 2 aliphatic heterocycles. The Kier molecular flexibility index (Phi) is 20.7. The lowest BCUT2D eigenvalue weighted by molar-refractivity contribution is -0.353. The van der Waals surface area contributed by atoms with Gasteiger partial charge in [0.05, 0.1) is 59.5 Å². The third-order valence-corrected chi connectivity index (χ3v) is 20.1. The molecule has 0 spiro atoms. The van der Waals surface area contributed by atoms with E-state index >= 15 is 0 Å². The molecule has 0 unspecified atom stereocenters. The van der Waals surface area contributed by atoms with E-state index in [1.54, 1.807) is 0 Å². The van der Waals surface area contributed by atoms with E-state index in [9.17, 15) is 0 Å². The van der Waals surface area contributed by atoms with Crippen LogP contribution in [0.15, 0.2) is 243 Å². The number of rotatable bonds is 26. The Labute approximate surface area is 479 Å². The van der Waals surface area contributed by atoms with Crippen molar-refractivity contribution in [3.8, 4) is 0 Å². The van der Waals surface area contributed by atoms with Crippen LogP contribution in [0, 0.1) is 0 Å². The summed E-state index contributed by atoms with van der Waals surface area (Å²) in [5.74, 6) is 0. The first-order valence-electron chi connectivity index (χ1n) is 28.4. The molecule has 8 aromatic rings. The molecule has 0 N–H and O–H groups in total. The van der Waals surface area contributed by atoms with Gasteiger partial charge in [-0.05, 0) is 48.8 Å². The number of benzene rings is 8. The van der Waals surface area contributed by atoms with Gasteiger partial charge in [0.15, 0.2) is 6.29 Å². The minimum atomic E-state index is -3.14. The number of ether oxygens (including phenoxy) is 9. The van der Waals surface area contributed by atoms with Crippen LogP contribution < -0.4 is 10.4 Å². The quantitative estimate of drug-likeness (QED) is 0.0488. The molecule has 0 aliphatic carbocycles. The van der Waals surface area contributed by atoms with Crippen molar-refractivity contribution in [2.75, 3.05) is 19.8 Å². The Balaban J connectivity index is 1.06. The van der Waals surface area contributed by atoms with Crippen molar-refractivity contribution in [2.45, 2.75) is 121 Å². The van der Waals surface area contributed by atoms with E-state index in [-0.39, 0.29) is 44.7 Å². The van der Waals surface area contributed by atoms with Crippen molar-refractivity contribution in [3.05, 3.63) is 276 Å². The molecule has 2 saturated heterocycles. The Morgan fingerprint density at radius 1 is 0.370 bits per heavy atom. The average Bonchev–Trinajstić information content (AvgIpc) is 3.68. The normalized spacial score (nSPS) is 22.3. The van der Waals surface area contributed by atoms with Crippen LogP contribution in [-0.4, -0.2) is 83.3 Å². The van der Waals surface area contributed by atoms with E-state index in [0.717, 1.165) is 43.8 Å². The van der Waals surface area contributed by atoms with Crippen molar-refractivity contribution in [2.24, 2.45) is 0 Å². The Bertz CT molecular complexity index is 2970. The standard InChI is InChI=1S/C70H76O10Si/c1-70(2,3)81(59-40-24-10-25-41-59,60-42-26-11-27-43-60)78-52-63-66(75-47-56-34-18-7-19-35-56)67(76-48-57-36-20-8-21-37-57)68(77-49-58-38-22-9-23-39-58)69(80-63)79-62-51-72-61(50-71-44-53-28-12-4-13-29-53)64(73-45-54-30-14-5-15-31-54)65(62)74-46-55-32-16-6-17-33-55/h4-43,61-69H,44-52H2,1-3H3/t61-,62+,63-,64-,65-,66+,67+,68-,69-/m1/s1. The van der Waals surface area contributed by atoms with Gasteiger partial charge in [0.25, 0.3) is 8.32 Å². The summed E-state index contributed by atoms with van der Waals surface area (Å²) in [6.07, 6.45) is -6.67. The summed E-state index contributed by atoms with van der Waals surface area (Å²) < 4.78 is 72.0. The lowest BCUT2D eigenvalue weighted by Crippen LogP contribution is -2.69. The fraction of sp³-hybridized carbons (Fsp3) is 0.314. The van der Waals surface area contributed by atoms with Crippen LogP contribution in [0.3, 0.4) is 0 Å². The summed E-state index contributed by atoms with van der Waals surface area (Å²) in [6.45, 7) is 9.19. The van der Waals surface area contributed by atoms with Gasteiger partial charge < -0.3 is 47.1 Å². The Morgan fingerprint density at radius 3 is 1.10 bits per heavy atom. The molecule has 0 saturated carbocycles. The first kappa shape index (κ1) is 57.8. The topological polar surface area (TPSA) is 92.3 Å². The highest BCUT2D eigenvalue weighted by Gasteiger charge is 2.55. The van der Waals surface area contributed by atoms with Crippen molar-refractivity contribution in [1.82, 2.24) is 0 Å². The third-order valence-electron chi connectivity index (χ3n) is 15.1. The first-order chi connectivity index (χ1) is 39.8. The predicted molar refractivity (Wildman–Crippen MR) is 318 cm³/mol. The van der Waals surface area contributed by atoms with Gasteiger partial charge in [0, 0.05) is 0 Å². The number of hydrogen-bond donors (Lipinski definition) is 0. The summed E-state index contributed by atoms with van der Waals surface area (Å²) in [5.41, 5.74) is 6.07. The van der Waals surface area contributed by atoms with E-state index in [0.29, 0.717) is 19.8 Å². The molecule has 8 aromatic carbocycles. The maximum absolute atomic E-state index is 7.78. The maximum atomic E-state index is 7.78. The molecule has 10 nitrogen and oxygen atoms in total. The predicted octanol–water partition coefficient (Wildman–Crippen LogP) is 12.2. The summed E-state index contributed by atoms with van der Waals surface area (Å²) in [7, 11) is -3.14. The molecular formula is C70H76O10Si. The van der Waals surface area contributed by atoms with E-state index < -0.39 is 63.4 Å². The molecule has 0 aromatic heterocycles. The largest absolute Gasteiger partial charge is 0.405 e. The second-order valence-corrected chi connectivity index (χ2v) is 26.2. The maximum Gasteiger partial charge on any atom is 0.261 e. The zero-order valence-corrected chi connectivity index (χ0v) is 47.7. The molecular weight excluding hydrogens is 1030 g/mol. The van der Waals surface area contributed by atoms with Crippen LogP contribution in [0.4, 0.5) is 0 Å². The highest BCUT2D eigenvalue weighted by atomic mass is 28.4. The fourth-order valence-corrected chi connectivity index (χ4v) is 15.6. The van der Waals surface area contributed by atoms with Gasteiger partial charge in [-0.25, -0.2) is 0 Å².